The molecule has 1 aliphatic carbocycles. The van der Waals surface area contributed by atoms with Gasteiger partial charge in [0.2, 0.25) is 0 Å². The topological polar surface area (TPSA) is 0 Å². The Labute approximate surface area is 232 Å². The molecule has 1 aromatic heterocycles. The van der Waals surface area contributed by atoms with Crippen molar-refractivity contribution in [3.05, 3.63) is 161 Å². The number of hydrogen-bond donors (Lipinski definition) is 0. The fourth-order valence-corrected chi connectivity index (χ4v) is 30.5. The Morgan fingerprint density at radius 2 is 0.892 bits per heavy atom. The fraction of sp³-hybridized carbons (Fsp3) is 0.0303. The van der Waals surface area contributed by atoms with E-state index in [1.165, 1.54) is 15.5 Å². The molecule has 0 amide bonds. The molecule has 0 saturated heterocycles. The SMILES string of the molecule is C1=CC[C]([Ti]([c]2ccccc2)([c]2ccccc2)([c]2ccccc2)([c]2ccccc2)[c]2ccc[pH]2)=C1.Cl.Cl. The van der Waals surface area contributed by atoms with Gasteiger partial charge in [-0.1, -0.05) is 0 Å². The maximum Gasteiger partial charge on any atom is -0.147 e. The van der Waals surface area contributed by atoms with Crippen molar-refractivity contribution in [2.24, 2.45) is 0 Å². The summed E-state index contributed by atoms with van der Waals surface area (Å²) in [7, 11) is 0.617. The molecule has 186 valence electrons. The minimum atomic E-state index is -5.28. The van der Waals surface area contributed by atoms with Crippen LogP contribution in [0.25, 0.3) is 0 Å². The van der Waals surface area contributed by atoms with Gasteiger partial charge in [0, 0.05) is 0 Å². The zero-order valence-corrected chi connectivity index (χ0v) is 24.7. The van der Waals surface area contributed by atoms with Gasteiger partial charge in [-0.05, 0) is 0 Å². The van der Waals surface area contributed by atoms with E-state index in [0.717, 1.165) is 6.42 Å². The average molecular weight is 577 g/mol. The van der Waals surface area contributed by atoms with E-state index in [-0.39, 0.29) is 24.8 Å². The van der Waals surface area contributed by atoms with Crippen molar-refractivity contribution in [1.82, 2.24) is 0 Å². The predicted molar refractivity (Wildman–Crippen MR) is 166 cm³/mol. The summed E-state index contributed by atoms with van der Waals surface area (Å²) in [5.74, 6) is 2.37. The van der Waals surface area contributed by atoms with Crippen molar-refractivity contribution in [2.45, 2.75) is 6.42 Å². The first-order valence-electron chi connectivity index (χ1n) is 12.4. The normalized spacial score (nSPS) is 14.6. The van der Waals surface area contributed by atoms with E-state index >= 15 is 0 Å². The zero-order chi connectivity index (χ0) is 23.7. The van der Waals surface area contributed by atoms with Gasteiger partial charge in [-0.15, -0.1) is 24.8 Å². The molecule has 0 N–H and O–H groups in total. The number of rotatable bonds is 6. The summed E-state index contributed by atoms with van der Waals surface area (Å²) in [6.07, 6.45) is 8.03. The van der Waals surface area contributed by atoms with Crippen LogP contribution in [-0.2, 0) is 14.0 Å². The summed E-state index contributed by atoms with van der Waals surface area (Å²) < 4.78 is 8.86. The Kier molecular flexibility index (Phi) is 7.65. The van der Waals surface area contributed by atoms with E-state index in [2.05, 4.69) is 157 Å². The van der Waals surface area contributed by atoms with E-state index in [4.69, 9.17) is 0 Å². The van der Waals surface area contributed by atoms with Crippen molar-refractivity contribution in [3.8, 4) is 0 Å². The van der Waals surface area contributed by atoms with Crippen molar-refractivity contribution < 1.29 is 14.0 Å². The molecule has 0 fully saturated rings. The summed E-state index contributed by atoms with van der Waals surface area (Å²) in [6, 6.07) is 50.6. The molecule has 0 saturated carbocycles. The van der Waals surface area contributed by atoms with Gasteiger partial charge in [-0.3, -0.25) is 0 Å². The minimum absolute atomic E-state index is 0. The largest absolute Gasteiger partial charge is 0.147 e. The number of benzene rings is 4. The first-order chi connectivity index (χ1) is 17.3. The molecule has 0 radical (unpaired) electrons. The molecule has 37 heavy (non-hydrogen) atoms. The van der Waals surface area contributed by atoms with Crippen molar-refractivity contribution >= 4 is 52.1 Å². The van der Waals surface area contributed by atoms with Gasteiger partial charge in [0.05, 0.1) is 0 Å². The van der Waals surface area contributed by atoms with Crippen molar-refractivity contribution in [2.75, 3.05) is 0 Å². The zero-order valence-electron chi connectivity index (χ0n) is 20.5. The number of allylic oxidation sites excluding steroid dienone is 4. The van der Waals surface area contributed by atoms with E-state index in [9.17, 15) is 0 Å². The Morgan fingerprint density at radius 3 is 1.19 bits per heavy atom. The van der Waals surface area contributed by atoms with Crippen LogP contribution >= 0.6 is 33.0 Å². The number of hydrogen-bond acceptors (Lipinski definition) is 0. The summed E-state index contributed by atoms with van der Waals surface area (Å²) in [5, 5.41) is 0. The Hall–Kier alpha value is -2.57. The fourth-order valence-electron chi connectivity index (χ4n) is 7.59. The van der Waals surface area contributed by atoms with Crippen LogP contribution in [0.1, 0.15) is 6.42 Å². The van der Waals surface area contributed by atoms with Crippen molar-refractivity contribution in [1.29, 1.82) is 0 Å². The van der Waals surface area contributed by atoms with Crippen LogP contribution in [-0.4, -0.2) is 0 Å². The summed E-state index contributed by atoms with van der Waals surface area (Å²) in [5.41, 5.74) is 0. The van der Waals surface area contributed by atoms with Crippen LogP contribution < -0.4 is 19.1 Å². The standard InChI is InChI=1S/4C6H5.C5H5.C4H4P.2ClH.Ti/c4*1-2-4-6-5-3-1;2*1-2-4-5-3-1;;;/h4*1-5H;1-3H,4H2;1-3,5H;2*1H;. The van der Waals surface area contributed by atoms with E-state index < -0.39 is 14.0 Å². The van der Waals surface area contributed by atoms with Gasteiger partial charge in [0.1, 0.15) is 0 Å². The summed E-state index contributed by atoms with van der Waals surface area (Å²) in [6.45, 7) is 0. The quantitative estimate of drug-likeness (QED) is 0.201. The average Bonchev–Trinajstić information content (AvgIpc) is 3.70. The number of halogens is 2. The van der Waals surface area contributed by atoms with Crippen LogP contribution in [0, 0.1) is 0 Å². The predicted octanol–water partition coefficient (Wildman–Crippen LogP) is 6.56. The van der Waals surface area contributed by atoms with E-state index in [1.54, 1.807) is 7.48 Å². The first kappa shape index (κ1) is 27.5. The van der Waals surface area contributed by atoms with Gasteiger partial charge in [0.15, 0.2) is 0 Å². The molecule has 1 aliphatic rings. The van der Waals surface area contributed by atoms with Crippen LogP contribution in [0.5, 0.6) is 0 Å². The van der Waals surface area contributed by atoms with Gasteiger partial charge in [-0.25, -0.2) is 0 Å². The van der Waals surface area contributed by atoms with Gasteiger partial charge in [-0.2, -0.15) is 0 Å². The first-order valence-corrected chi connectivity index (χ1v) is 18.1. The molecule has 0 bridgehead atoms. The minimum Gasteiger partial charge on any atom is -0.147 e. The molecule has 1 heterocycles. The van der Waals surface area contributed by atoms with Crippen molar-refractivity contribution in [3.63, 3.8) is 0 Å². The molecule has 0 spiro atoms. The van der Waals surface area contributed by atoms with Crippen LogP contribution in [0.3, 0.4) is 0 Å². The van der Waals surface area contributed by atoms with Crippen LogP contribution in [0.15, 0.2) is 161 Å². The molecule has 0 nitrogen and oxygen atoms in total. The second kappa shape index (κ2) is 10.3. The van der Waals surface area contributed by atoms with Gasteiger partial charge >= 0.3 is 209 Å². The molecule has 0 aliphatic heterocycles. The maximum atomic E-state index is 2.46. The Balaban J connectivity index is 0.00000160. The molecule has 1 unspecified atom stereocenters. The molecule has 6 rings (SSSR count). The molecular weight excluding hydrogens is 546 g/mol. The third kappa shape index (κ3) is 3.09. The van der Waals surface area contributed by atoms with Gasteiger partial charge in [0.25, 0.3) is 0 Å². The molecular formula is C33H31Cl2PTi. The van der Waals surface area contributed by atoms with E-state index in [1.807, 2.05) is 0 Å². The van der Waals surface area contributed by atoms with Crippen LogP contribution in [0.4, 0.5) is 0 Å². The monoisotopic (exact) mass is 576 g/mol. The summed E-state index contributed by atoms with van der Waals surface area (Å²) >= 11 is -5.28. The third-order valence-corrected chi connectivity index (χ3v) is 29.5. The second-order valence-corrected chi connectivity index (χ2v) is 23.0. The van der Waals surface area contributed by atoms with Gasteiger partial charge < -0.3 is 0 Å². The van der Waals surface area contributed by atoms with Crippen LogP contribution in [0.2, 0.25) is 0 Å². The summed E-state index contributed by atoms with van der Waals surface area (Å²) in [4.78, 5) is 0. The Bertz CT molecular complexity index is 1350. The molecule has 5 aromatic rings. The molecule has 4 heteroatoms. The maximum absolute atomic E-state index is 5.28. The third-order valence-electron chi connectivity index (χ3n) is 8.83. The smallest absolute Gasteiger partial charge is 0.147 e. The molecule has 1 atom stereocenters. The molecule has 4 aromatic carbocycles. The second-order valence-electron chi connectivity index (χ2n) is 9.75. The Morgan fingerprint density at radius 1 is 0.486 bits per heavy atom. The van der Waals surface area contributed by atoms with E-state index in [0.29, 0.717) is 8.19 Å².